The number of H-pyrrole nitrogens is 1. The summed E-state index contributed by atoms with van der Waals surface area (Å²) in [6.07, 6.45) is 0.117. The molecule has 0 amide bonds. The quantitative estimate of drug-likeness (QED) is 0.605. The number of alkyl halides is 2. The number of cyclic esters (lactones) is 1. The number of hydrogen-bond acceptors (Lipinski definition) is 5. The second-order valence-corrected chi connectivity index (χ2v) is 6.06. The van der Waals surface area contributed by atoms with E-state index in [1.165, 1.54) is 6.08 Å². The van der Waals surface area contributed by atoms with Crippen molar-refractivity contribution in [3.63, 3.8) is 0 Å². The fourth-order valence-electron chi connectivity index (χ4n) is 2.40. The number of rotatable bonds is 6. The molecule has 2 aromatic rings. The van der Waals surface area contributed by atoms with E-state index < -0.39 is 18.1 Å². The molecule has 1 N–H and O–H groups in total. The molecule has 2 aromatic heterocycles. The fraction of sp³-hybridized carbons (Fsp3) is 0.267. The Morgan fingerprint density at radius 2 is 2.12 bits per heavy atom. The van der Waals surface area contributed by atoms with Crippen molar-refractivity contribution >= 4 is 29.2 Å². The molecule has 0 atom stereocenters. The van der Waals surface area contributed by atoms with E-state index in [2.05, 4.69) is 15.2 Å². The van der Waals surface area contributed by atoms with Gasteiger partial charge in [0.1, 0.15) is 22.6 Å². The van der Waals surface area contributed by atoms with E-state index in [0.29, 0.717) is 17.4 Å². The first-order valence-corrected chi connectivity index (χ1v) is 7.93. The molecule has 0 spiro atoms. The predicted octanol–water partition coefficient (Wildman–Crippen LogP) is 3.49. The normalized spacial score (nSPS) is 14.0. The molecule has 10 heteroatoms. The Balaban J connectivity index is 1.89. The number of halogens is 4. The second-order valence-electron chi connectivity index (χ2n) is 5.29. The van der Waals surface area contributed by atoms with Crippen molar-refractivity contribution in [1.29, 1.82) is 0 Å². The first kappa shape index (κ1) is 17.6. The van der Waals surface area contributed by atoms with Crippen LogP contribution in [0.5, 0.6) is 0 Å². The highest BCUT2D eigenvalue weighted by atomic mass is 35.5. The number of pyridine rings is 1. The summed E-state index contributed by atoms with van der Waals surface area (Å²) in [6.45, 7) is 0.385. The monoisotopic (exact) mass is 388 g/mol. The molecule has 0 bridgehead atoms. The van der Waals surface area contributed by atoms with Gasteiger partial charge in [-0.3, -0.25) is 5.10 Å². The zero-order chi connectivity index (χ0) is 18.0. The SMILES string of the molecule is O=C1C=C(N(Cc2ccc(Cl)nc2)Cc2c(C(F)F)n[nH]c2Cl)CO1. The Morgan fingerprint density at radius 1 is 1.32 bits per heavy atom. The smallest absolute Gasteiger partial charge is 0.333 e. The van der Waals surface area contributed by atoms with Crippen LogP contribution in [0, 0.1) is 0 Å². The molecule has 132 valence electrons. The third-order valence-corrected chi connectivity index (χ3v) is 4.16. The molecule has 6 nitrogen and oxygen atoms in total. The summed E-state index contributed by atoms with van der Waals surface area (Å²) in [5.74, 6) is -0.485. The fourth-order valence-corrected chi connectivity index (χ4v) is 2.72. The number of aromatic amines is 1. The van der Waals surface area contributed by atoms with E-state index in [1.807, 2.05) is 0 Å². The first-order valence-electron chi connectivity index (χ1n) is 7.17. The molecular formula is C15H12Cl2F2N4O2. The Bertz CT molecular complexity index is 808. The summed E-state index contributed by atoms with van der Waals surface area (Å²) in [5, 5.41) is 6.27. The lowest BCUT2D eigenvalue weighted by molar-refractivity contribution is -0.135. The van der Waals surface area contributed by atoms with E-state index in [1.54, 1.807) is 23.2 Å². The van der Waals surface area contributed by atoms with Gasteiger partial charge in [0.2, 0.25) is 0 Å². The standard InChI is InChI=1S/C15H12Cl2F2N4O2/c16-11-2-1-8(4-20-11)5-23(9-3-12(24)25-7-9)6-10-13(15(18)19)21-22-14(10)17/h1-4,15H,5-7H2,(H,21,22). The molecule has 25 heavy (non-hydrogen) atoms. The number of carbonyl (C=O) groups excluding carboxylic acids is 1. The van der Waals surface area contributed by atoms with Gasteiger partial charge in [-0.2, -0.15) is 5.10 Å². The molecule has 0 aromatic carbocycles. The van der Waals surface area contributed by atoms with Crippen LogP contribution in [0.15, 0.2) is 30.1 Å². The number of ether oxygens (including phenoxy) is 1. The first-order chi connectivity index (χ1) is 11.9. The maximum atomic E-state index is 13.1. The van der Waals surface area contributed by atoms with Gasteiger partial charge < -0.3 is 9.64 Å². The highest BCUT2D eigenvalue weighted by Gasteiger charge is 2.25. The lowest BCUT2D eigenvalue weighted by Gasteiger charge is -2.25. The van der Waals surface area contributed by atoms with Crippen LogP contribution in [0.1, 0.15) is 23.2 Å². The summed E-state index contributed by atoms with van der Waals surface area (Å²) >= 11 is 11.7. The number of carbonyl (C=O) groups is 1. The van der Waals surface area contributed by atoms with Crippen molar-refractivity contribution in [3.05, 3.63) is 57.2 Å². The van der Waals surface area contributed by atoms with Gasteiger partial charge in [0.25, 0.3) is 6.43 Å². The number of nitrogens with zero attached hydrogens (tertiary/aromatic N) is 3. The molecule has 3 rings (SSSR count). The van der Waals surface area contributed by atoms with Crippen molar-refractivity contribution in [2.24, 2.45) is 0 Å². The number of aromatic nitrogens is 3. The van der Waals surface area contributed by atoms with E-state index in [9.17, 15) is 13.6 Å². The number of hydrogen-bond donors (Lipinski definition) is 1. The lowest BCUT2D eigenvalue weighted by atomic mass is 10.2. The van der Waals surface area contributed by atoms with Crippen molar-refractivity contribution in [2.45, 2.75) is 19.5 Å². The molecule has 0 saturated heterocycles. The summed E-state index contributed by atoms with van der Waals surface area (Å²) in [7, 11) is 0. The number of nitrogens with one attached hydrogen (secondary N) is 1. The van der Waals surface area contributed by atoms with Crippen LogP contribution >= 0.6 is 23.2 Å². The summed E-state index contributed by atoms with van der Waals surface area (Å²) < 4.78 is 31.2. The molecule has 0 aliphatic carbocycles. The van der Waals surface area contributed by atoms with Crippen LogP contribution in [0.3, 0.4) is 0 Å². The zero-order valence-electron chi connectivity index (χ0n) is 12.7. The molecule has 0 radical (unpaired) electrons. The molecule has 1 aliphatic heterocycles. The van der Waals surface area contributed by atoms with Crippen molar-refractivity contribution in [3.8, 4) is 0 Å². The number of esters is 1. The van der Waals surface area contributed by atoms with E-state index in [0.717, 1.165) is 5.56 Å². The summed E-state index contributed by atoms with van der Waals surface area (Å²) in [4.78, 5) is 17.1. The molecule has 0 saturated carbocycles. The summed E-state index contributed by atoms with van der Waals surface area (Å²) in [6, 6.07) is 3.38. The van der Waals surface area contributed by atoms with Crippen LogP contribution in [-0.2, 0) is 22.6 Å². The van der Waals surface area contributed by atoms with Gasteiger partial charge in [-0.05, 0) is 11.6 Å². The van der Waals surface area contributed by atoms with Gasteiger partial charge in [-0.15, -0.1) is 0 Å². The second kappa shape index (κ2) is 7.37. The summed E-state index contributed by atoms with van der Waals surface area (Å²) in [5.41, 5.74) is 1.08. The predicted molar refractivity (Wildman–Crippen MR) is 86.1 cm³/mol. The maximum absolute atomic E-state index is 13.1. The van der Waals surface area contributed by atoms with E-state index in [4.69, 9.17) is 27.9 Å². The van der Waals surface area contributed by atoms with Gasteiger partial charge in [-0.1, -0.05) is 29.3 Å². The van der Waals surface area contributed by atoms with Crippen LogP contribution in [0.4, 0.5) is 8.78 Å². The van der Waals surface area contributed by atoms with E-state index in [-0.39, 0.29) is 23.9 Å². The third kappa shape index (κ3) is 4.08. The topological polar surface area (TPSA) is 71.1 Å². The molecule has 1 aliphatic rings. The average molecular weight is 389 g/mol. The average Bonchev–Trinajstić information content (AvgIpc) is 3.15. The van der Waals surface area contributed by atoms with Gasteiger partial charge in [0.05, 0.1) is 5.70 Å². The Labute approximate surface area is 151 Å². The van der Waals surface area contributed by atoms with Crippen molar-refractivity contribution in [1.82, 2.24) is 20.1 Å². The van der Waals surface area contributed by atoms with Gasteiger partial charge >= 0.3 is 5.97 Å². The van der Waals surface area contributed by atoms with Crippen LogP contribution in [0.2, 0.25) is 10.3 Å². The third-order valence-electron chi connectivity index (χ3n) is 3.62. The zero-order valence-corrected chi connectivity index (χ0v) is 14.2. The lowest BCUT2D eigenvalue weighted by Crippen LogP contribution is -2.24. The Kier molecular flexibility index (Phi) is 5.19. The largest absolute Gasteiger partial charge is 0.456 e. The highest BCUT2D eigenvalue weighted by molar-refractivity contribution is 6.30. The molecule has 3 heterocycles. The van der Waals surface area contributed by atoms with Gasteiger partial charge in [0.15, 0.2) is 0 Å². The Morgan fingerprint density at radius 3 is 2.72 bits per heavy atom. The minimum Gasteiger partial charge on any atom is -0.456 e. The Hall–Kier alpha value is -2.19. The van der Waals surface area contributed by atoms with E-state index >= 15 is 0 Å². The van der Waals surface area contributed by atoms with Gasteiger partial charge in [-0.25, -0.2) is 18.6 Å². The van der Waals surface area contributed by atoms with Crippen molar-refractivity contribution in [2.75, 3.05) is 6.61 Å². The van der Waals surface area contributed by atoms with Crippen LogP contribution < -0.4 is 0 Å². The minimum atomic E-state index is -2.77. The molecule has 0 fully saturated rings. The molecular weight excluding hydrogens is 377 g/mol. The van der Waals surface area contributed by atoms with Crippen LogP contribution in [0.25, 0.3) is 0 Å². The maximum Gasteiger partial charge on any atom is 0.333 e. The van der Waals surface area contributed by atoms with Crippen molar-refractivity contribution < 1.29 is 18.3 Å². The van der Waals surface area contributed by atoms with Crippen LogP contribution in [-0.4, -0.2) is 32.7 Å². The molecule has 0 unspecified atom stereocenters. The highest BCUT2D eigenvalue weighted by Crippen LogP contribution is 2.29. The van der Waals surface area contributed by atoms with Gasteiger partial charge in [0, 0.05) is 30.9 Å². The minimum absolute atomic E-state index is 0.0279.